The summed E-state index contributed by atoms with van der Waals surface area (Å²) in [5.74, 6) is 0.300. The molecule has 0 saturated carbocycles. The molecule has 1 unspecified atom stereocenters. The number of aromatic nitrogens is 4. The van der Waals surface area contributed by atoms with Crippen LogP contribution in [0.25, 0.3) is 16.0 Å². The Morgan fingerprint density at radius 2 is 1.93 bits per heavy atom. The standard InChI is InChI=1S/C21H20ClN5OS/c1-12-11-13(2)27(25-12)18-10-9-15(22)19(24-18)21(28)26(4)14(3)20-23-16-7-5-6-8-17(16)29-20/h5-11,14H,1-4H3. The number of halogens is 1. The van der Waals surface area contributed by atoms with Crippen LogP contribution in [-0.2, 0) is 0 Å². The zero-order valence-electron chi connectivity index (χ0n) is 16.5. The van der Waals surface area contributed by atoms with E-state index in [4.69, 9.17) is 11.6 Å². The first-order valence-corrected chi connectivity index (χ1v) is 10.4. The summed E-state index contributed by atoms with van der Waals surface area (Å²) in [5, 5.41) is 5.62. The van der Waals surface area contributed by atoms with Gasteiger partial charge in [-0.3, -0.25) is 4.79 Å². The zero-order valence-corrected chi connectivity index (χ0v) is 18.1. The SMILES string of the molecule is Cc1cc(C)n(-c2ccc(Cl)c(C(=O)N(C)C(C)c3nc4ccccc4s3)n2)n1. The van der Waals surface area contributed by atoms with E-state index >= 15 is 0 Å². The number of carbonyl (C=O) groups is 1. The van der Waals surface area contributed by atoms with Gasteiger partial charge in [0.05, 0.1) is 27.0 Å². The quantitative estimate of drug-likeness (QED) is 0.462. The van der Waals surface area contributed by atoms with Crippen molar-refractivity contribution >= 4 is 39.1 Å². The van der Waals surface area contributed by atoms with Crippen molar-refractivity contribution in [2.45, 2.75) is 26.8 Å². The molecule has 0 aliphatic heterocycles. The van der Waals surface area contributed by atoms with Crippen molar-refractivity contribution in [2.75, 3.05) is 7.05 Å². The number of amides is 1. The lowest BCUT2D eigenvalue weighted by Crippen LogP contribution is -2.30. The van der Waals surface area contributed by atoms with E-state index < -0.39 is 0 Å². The van der Waals surface area contributed by atoms with E-state index in [1.807, 2.05) is 51.1 Å². The Bertz CT molecular complexity index is 1180. The lowest BCUT2D eigenvalue weighted by Gasteiger charge is -2.23. The molecule has 148 valence electrons. The van der Waals surface area contributed by atoms with Crippen LogP contribution < -0.4 is 0 Å². The molecule has 1 aromatic carbocycles. The summed E-state index contributed by atoms with van der Waals surface area (Å²) in [5.41, 5.74) is 2.95. The molecule has 0 aliphatic rings. The summed E-state index contributed by atoms with van der Waals surface area (Å²) < 4.78 is 2.80. The number of pyridine rings is 1. The van der Waals surface area contributed by atoms with Gasteiger partial charge in [0.15, 0.2) is 5.82 Å². The van der Waals surface area contributed by atoms with Crippen molar-refractivity contribution in [1.29, 1.82) is 0 Å². The van der Waals surface area contributed by atoms with E-state index in [2.05, 4.69) is 15.1 Å². The van der Waals surface area contributed by atoms with Gasteiger partial charge in [-0.15, -0.1) is 11.3 Å². The van der Waals surface area contributed by atoms with Crippen molar-refractivity contribution in [2.24, 2.45) is 0 Å². The minimum absolute atomic E-state index is 0.201. The molecule has 6 nitrogen and oxygen atoms in total. The first-order valence-electron chi connectivity index (χ1n) is 9.18. The van der Waals surface area contributed by atoms with Crippen LogP contribution in [0.15, 0.2) is 42.5 Å². The molecule has 0 radical (unpaired) electrons. The van der Waals surface area contributed by atoms with Crippen molar-refractivity contribution < 1.29 is 4.79 Å². The highest BCUT2D eigenvalue weighted by molar-refractivity contribution is 7.18. The van der Waals surface area contributed by atoms with Crippen LogP contribution >= 0.6 is 22.9 Å². The summed E-state index contributed by atoms with van der Waals surface area (Å²) in [7, 11) is 1.74. The third-order valence-corrected chi connectivity index (χ3v) is 6.34. The van der Waals surface area contributed by atoms with Gasteiger partial charge in [-0.2, -0.15) is 5.10 Å². The normalized spacial score (nSPS) is 12.3. The second-order valence-corrected chi connectivity index (χ2v) is 8.42. The molecule has 29 heavy (non-hydrogen) atoms. The summed E-state index contributed by atoms with van der Waals surface area (Å²) >= 11 is 7.91. The van der Waals surface area contributed by atoms with Crippen molar-refractivity contribution in [3.63, 3.8) is 0 Å². The molecule has 0 bridgehead atoms. The van der Waals surface area contributed by atoms with Crippen LogP contribution in [-0.4, -0.2) is 37.6 Å². The van der Waals surface area contributed by atoms with Gasteiger partial charge >= 0.3 is 0 Å². The number of thiazole rings is 1. The number of aryl methyl sites for hydroxylation is 2. The van der Waals surface area contributed by atoms with E-state index in [0.717, 1.165) is 26.6 Å². The van der Waals surface area contributed by atoms with Crippen LogP contribution in [0.3, 0.4) is 0 Å². The van der Waals surface area contributed by atoms with Crippen LogP contribution in [0.1, 0.15) is 39.8 Å². The number of fused-ring (bicyclic) bond motifs is 1. The van der Waals surface area contributed by atoms with E-state index in [-0.39, 0.29) is 17.6 Å². The molecule has 0 aliphatic carbocycles. The minimum Gasteiger partial charge on any atom is -0.331 e. The van der Waals surface area contributed by atoms with Gasteiger partial charge in [-0.1, -0.05) is 23.7 Å². The molecule has 1 amide bonds. The second-order valence-electron chi connectivity index (χ2n) is 6.95. The number of para-hydroxylation sites is 1. The van der Waals surface area contributed by atoms with Gasteiger partial charge < -0.3 is 4.90 Å². The Labute approximate surface area is 177 Å². The van der Waals surface area contributed by atoms with Crippen LogP contribution in [0.5, 0.6) is 0 Å². The maximum absolute atomic E-state index is 13.2. The Hall–Kier alpha value is -2.77. The molecule has 8 heteroatoms. The molecule has 4 aromatic rings. The summed E-state index contributed by atoms with van der Waals surface area (Å²) in [6, 6.07) is 13.1. The van der Waals surface area contributed by atoms with Crippen LogP contribution in [0, 0.1) is 13.8 Å². The van der Waals surface area contributed by atoms with Gasteiger partial charge in [-0.05, 0) is 51.1 Å². The van der Waals surface area contributed by atoms with E-state index in [1.54, 1.807) is 40.1 Å². The van der Waals surface area contributed by atoms with Crippen molar-refractivity contribution in [1.82, 2.24) is 24.6 Å². The van der Waals surface area contributed by atoms with Crippen molar-refractivity contribution in [3.05, 3.63) is 69.6 Å². The van der Waals surface area contributed by atoms with Crippen LogP contribution in [0.2, 0.25) is 5.02 Å². The summed E-state index contributed by atoms with van der Waals surface area (Å²) in [6.45, 7) is 5.81. The number of benzene rings is 1. The zero-order chi connectivity index (χ0) is 20.7. The molecule has 0 saturated heterocycles. The molecular formula is C21H20ClN5OS. The fraction of sp³-hybridized carbons (Fsp3) is 0.238. The highest BCUT2D eigenvalue weighted by Gasteiger charge is 2.25. The molecule has 0 fully saturated rings. The first kappa shape index (κ1) is 19.5. The molecule has 1 atom stereocenters. The number of hydrogen-bond acceptors (Lipinski definition) is 5. The lowest BCUT2D eigenvalue weighted by atomic mass is 10.2. The van der Waals surface area contributed by atoms with Crippen LogP contribution in [0.4, 0.5) is 0 Å². The monoisotopic (exact) mass is 425 g/mol. The van der Waals surface area contributed by atoms with Gasteiger partial charge in [-0.25, -0.2) is 14.6 Å². The van der Waals surface area contributed by atoms with Gasteiger partial charge in [0, 0.05) is 12.7 Å². The largest absolute Gasteiger partial charge is 0.331 e. The molecule has 0 spiro atoms. The maximum Gasteiger partial charge on any atom is 0.274 e. The third-order valence-electron chi connectivity index (χ3n) is 4.83. The second kappa shape index (κ2) is 7.57. The van der Waals surface area contributed by atoms with E-state index in [0.29, 0.717) is 10.8 Å². The average Bonchev–Trinajstić information content (AvgIpc) is 3.29. The maximum atomic E-state index is 13.2. The molecule has 4 rings (SSSR count). The highest BCUT2D eigenvalue weighted by Crippen LogP contribution is 2.30. The average molecular weight is 426 g/mol. The topological polar surface area (TPSA) is 63.9 Å². The number of rotatable bonds is 4. The first-order chi connectivity index (χ1) is 13.8. The predicted octanol–water partition coefficient (Wildman–Crippen LogP) is 4.98. The lowest BCUT2D eigenvalue weighted by molar-refractivity contribution is 0.0736. The van der Waals surface area contributed by atoms with Crippen molar-refractivity contribution in [3.8, 4) is 5.82 Å². The molecular weight excluding hydrogens is 406 g/mol. The smallest absolute Gasteiger partial charge is 0.274 e. The third kappa shape index (κ3) is 3.63. The molecule has 3 heterocycles. The van der Waals surface area contributed by atoms with Gasteiger partial charge in [0.1, 0.15) is 10.7 Å². The Kier molecular flexibility index (Phi) is 5.10. The Morgan fingerprint density at radius 3 is 2.62 bits per heavy atom. The summed E-state index contributed by atoms with van der Waals surface area (Å²) in [4.78, 5) is 24.0. The molecule has 0 N–H and O–H groups in total. The predicted molar refractivity (Wildman–Crippen MR) is 116 cm³/mol. The number of hydrogen-bond donors (Lipinski definition) is 0. The summed E-state index contributed by atoms with van der Waals surface area (Å²) in [6.07, 6.45) is 0. The Balaban J connectivity index is 1.66. The highest BCUT2D eigenvalue weighted by atomic mass is 35.5. The van der Waals surface area contributed by atoms with Gasteiger partial charge in [0.2, 0.25) is 0 Å². The molecule has 3 aromatic heterocycles. The van der Waals surface area contributed by atoms with Gasteiger partial charge in [0.25, 0.3) is 5.91 Å². The van der Waals surface area contributed by atoms with E-state index in [9.17, 15) is 4.79 Å². The fourth-order valence-corrected chi connectivity index (χ4v) is 4.39. The minimum atomic E-state index is -0.259. The van der Waals surface area contributed by atoms with E-state index in [1.165, 1.54) is 0 Å². The number of nitrogens with zero attached hydrogens (tertiary/aromatic N) is 5. The number of carbonyl (C=O) groups excluding carboxylic acids is 1. The Morgan fingerprint density at radius 1 is 1.17 bits per heavy atom. The fourth-order valence-electron chi connectivity index (χ4n) is 3.14.